The van der Waals surface area contributed by atoms with Crippen molar-refractivity contribution in [1.29, 1.82) is 0 Å². The molecule has 1 amide bonds. The van der Waals surface area contributed by atoms with Crippen LogP contribution < -0.4 is 10.3 Å². The molecule has 0 radical (unpaired) electrons. The second-order valence-electron chi connectivity index (χ2n) is 9.23. The first-order chi connectivity index (χ1) is 16.7. The first kappa shape index (κ1) is 25.1. The number of fused-ring (bicyclic) bond motifs is 1. The third-order valence-electron chi connectivity index (χ3n) is 6.61. The standard InChI is InChI=1S/C26H32N4O4S/c1-26(2)22-6-4-5-7-23(22)29(3)24(26)14-15-27-28-25(31)13-10-20-8-11-21(12-9-20)35(32,33)30-16-18-34-19-17-30/h4-9,11-12,14-15H,10,13,16-19H2,1-3H3,(H,28,31)/b24-14-,27-15+. The predicted octanol–water partition coefficient (Wildman–Crippen LogP) is 3.05. The summed E-state index contributed by atoms with van der Waals surface area (Å²) in [6, 6.07) is 15.0. The van der Waals surface area contributed by atoms with Crippen LogP contribution in [0, 0.1) is 0 Å². The molecule has 1 fully saturated rings. The average Bonchev–Trinajstić information content (AvgIpc) is 3.06. The third-order valence-corrected chi connectivity index (χ3v) is 8.52. The number of aryl methyl sites for hydroxylation is 1. The zero-order valence-corrected chi connectivity index (χ0v) is 21.2. The number of rotatable bonds is 7. The van der Waals surface area contributed by atoms with Gasteiger partial charge < -0.3 is 9.64 Å². The number of hydrogen-bond acceptors (Lipinski definition) is 6. The Labute approximate surface area is 207 Å². The molecular weight excluding hydrogens is 464 g/mol. The number of nitrogens with zero attached hydrogens (tertiary/aromatic N) is 3. The fourth-order valence-electron chi connectivity index (χ4n) is 4.60. The highest BCUT2D eigenvalue weighted by Gasteiger charge is 2.37. The Bertz CT molecular complexity index is 1230. The molecule has 0 atom stereocenters. The zero-order chi connectivity index (χ0) is 25.1. The Morgan fingerprint density at radius 1 is 1.11 bits per heavy atom. The summed E-state index contributed by atoms with van der Waals surface area (Å²) in [4.78, 5) is 14.6. The SMILES string of the molecule is CN1/C(=C\C=N\NC(=O)CCc2ccc(S(=O)(=O)N3CCOCC3)cc2)C(C)(C)c2ccccc21. The number of morpholine rings is 1. The number of sulfonamides is 1. The molecule has 2 heterocycles. The van der Waals surface area contributed by atoms with Gasteiger partial charge in [-0.25, -0.2) is 13.8 Å². The van der Waals surface area contributed by atoms with E-state index in [-0.39, 0.29) is 22.6 Å². The summed E-state index contributed by atoms with van der Waals surface area (Å²) in [6.07, 6.45) is 4.28. The second kappa shape index (κ2) is 10.3. The van der Waals surface area contributed by atoms with E-state index < -0.39 is 10.0 Å². The molecule has 0 spiro atoms. The Kier molecular flexibility index (Phi) is 7.39. The van der Waals surface area contributed by atoms with Crippen molar-refractivity contribution < 1.29 is 17.9 Å². The van der Waals surface area contributed by atoms with Crippen LogP contribution in [-0.2, 0) is 31.4 Å². The van der Waals surface area contributed by atoms with Gasteiger partial charge in [0.25, 0.3) is 0 Å². The number of allylic oxidation sites excluding steroid dienone is 2. The van der Waals surface area contributed by atoms with Crippen LogP contribution in [0.4, 0.5) is 5.69 Å². The van der Waals surface area contributed by atoms with E-state index in [1.165, 1.54) is 15.6 Å². The smallest absolute Gasteiger partial charge is 0.243 e. The van der Waals surface area contributed by atoms with Gasteiger partial charge in [0.15, 0.2) is 0 Å². The highest BCUT2D eigenvalue weighted by molar-refractivity contribution is 7.89. The van der Waals surface area contributed by atoms with Crippen molar-refractivity contribution in [3.05, 3.63) is 71.4 Å². The molecule has 0 unspecified atom stereocenters. The summed E-state index contributed by atoms with van der Waals surface area (Å²) < 4.78 is 32.1. The maximum absolute atomic E-state index is 12.7. The maximum atomic E-state index is 12.7. The summed E-state index contributed by atoms with van der Waals surface area (Å²) >= 11 is 0. The number of carbonyl (C=O) groups excluding carboxylic acids is 1. The van der Waals surface area contributed by atoms with E-state index in [1.54, 1.807) is 30.5 Å². The molecule has 4 rings (SSSR count). The first-order valence-electron chi connectivity index (χ1n) is 11.7. The van der Waals surface area contributed by atoms with E-state index in [4.69, 9.17) is 4.74 Å². The van der Waals surface area contributed by atoms with E-state index in [1.807, 2.05) is 25.3 Å². The highest BCUT2D eigenvalue weighted by atomic mass is 32.2. The summed E-state index contributed by atoms with van der Waals surface area (Å²) in [5.74, 6) is -0.202. The van der Waals surface area contributed by atoms with Gasteiger partial charge in [0.1, 0.15) is 0 Å². The number of likely N-dealkylation sites (N-methyl/N-ethyl adjacent to an activating group) is 1. The molecule has 2 aromatic carbocycles. The number of hydrazone groups is 1. The van der Waals surface area contributed by atoms with Crippen molar-refractivity contribution in [3.8, 4) is 0 Å². The number of carbonyl (C=O) groups is 1. The largest absolute Gasteiger partial charge is 0.379 e. The molecule has 0 aliphatic carbocycles. The minimum absolute atomic E-state index is 0.150. The molecule has 1 saturated heterocycles. The molecule has 2 aliphatic heterocycles. The van der Waals surface area contributed by atoms with Gasteiger partial charge in [0.05, 0.1) is 18.1 Å². The van der Waals surface area contributed by atoms with Crippen LogP contribution in [-0.4, -0.2) is 58.2 Å². The average molecular weight is 497 g/mol. The lowest BCUT2D eigenvalue weighted by atomic mass is 9.84. The van der Waals surface area contributed by atoms with Gasteiger partial charge in [-0.3, -0.25) is 4.79 Å². The molecule has 9 heteroatoms. The predicted molar refractivity (Wildman–Crippen MR) is 137 cm³/mol. The van der Waals surface area contributed by atoms with Crippen LogP contribution in [0.25, 0.3) is 0 Å². The van der Waals surface area contributed by atoms with Crippen molar-refractivity contribution in [2.75, 3.05) is 38.3 Å². The Hall–Kier alpha value is -3.01. The Morgan fingerprint density at radius 3 is 2.49 bits per heavy atom. The van der Waals surface area contributed by atoms with Crippen LogP contribution in [0.15, 0.2) is 70.3 Å². The number of nitrogens with one attached hydrogen (secondary N) is 1. The lowest BCUT2D eigenvalue weighted by Gasteiger charge is -2.26. The van der Waals surface area contributed by atoms with E-state index in [9.17, 15) is 13.2 Å². The molecule has 2 aliphatic rings. The first-order valence-corrected chi connectivity index (χ1v) is 13.2. The van der Waals surface area contributed by atoms with Crippen molar-refractivity contribution in [2.45, 2.75) is 37.0 Å². The fourth-order valence-corrected chi connectivity index (χ4v) is 6.00. The van der Waals surface area contributed by atoms with Crippen LogP contribution >= 0.6 is 0 Å². The topological polar surface area (TPSA) is 91.3 Å². The van der Waals surface area contributed by atoms with Crippen LogP contribution in [0.2, 0.25) is 0 Å². The van der Waals surface area contributed by atoms with Gasteiger partial charge in [-0.05, 0) is 41.8 Å². The molecular formula is C26H32N4O4S. The number of amides is 1. The number of benzene rings is 2. The Balaban J connectivity index is 1.29. The quantitative estimate of drug-likeness (QED) is 0.470. The number of ether oxygens (including phenoxy) is 1. The minimum atomic E-state index is -3.52. The lowest BCUT2D eigenvalue weighted by Crippen LogP contribution is -2.40. The zero-order valence-electron chi connectivity index (χ0n) is 20.4. The van der Waals surface area contributed by atoms with Crippen LogP contribution in [0.1, 0.15) is 31.4 Å². The minimum Gasteiger partial charge on any atom is -0.379 e. The van der Waals surface area contributed by atoms with Crippen molar-refractivity contribution in [2.24, 2.45) is 5.10 Å². The molecule has 2 aromatic rings. The molecule has 0 aromatic heterocycles. The maximum Gasteiger partial charge on any atom is 0.243 e. The van der Waals surface area contributed by atoms with Crippen molar-refractivity contribution in [3.63, 3.8) is 0 Å². The van der Waals surface area contributed by atoms with Gasteiger partial charge >= 0.3 is 0 Å². The molecule has 0 saturated carbocycles. The molecule has 35 heavy (non-hydrogen) atoms. The van der Waals surface area contributed by atoms with Gasteiger partial charge in [0, 0.05) is 49.6 Å². The van der Waals surface area contributed by atoms with E-state index >= 15 is 0 Å². The van der Waals surface area contributed by atoms with Gasteiger partial charge in [0.2, 0.25) is 15.9 Å². The summed E-state index contributed by atoms with van der Waals surface area (Å²) in [7, 11) is -1.48. The van der Waals surface area contributed by atoms with E-state index in [2.05, 4.69) is 41.4 Å². The molecule has 1 N–H and O–H groups in total. The van der Waals surface area contributed by atoms with Gasteiger partial charge in [-0.2, -0.15) is 9.41 Å². The van der Waals surface area contributed by atoms with Crippen molar-refractivity contribution in [1.82, 2.24) is 9.73 Å². The Morgan fingerprint density at radius 2 is 1.80 bits per heavy atom. The second-order valence-corrected chi connectivity index (χ2v) is 11.2. The van der Waals surface area contributed by atoms with Gasteiger partial charge in [-0.15, -0.1) is 0 Å². The number of anilines is 1. The van der Waals surface area contributed by atoms with Gasteiger partial charge in [-0.1, -0.05) is 44.2 Å². The summed E-state index contributed by atoms with van der Waals surface area (Å²) in [5.41, 5.74) is 6.84. The van der Waals surface area contributed by atoms with Crippen LogP contribution in [0.5, 0.6) is 0 Å². The normalized spacial score (nSPS) is 19.3. The lowest BCUT2D eigenvalue weighted by molar-refractivity contribution is -0.121. The van der Waals surface area contributed by atoms with Crippen LogP contribution in [0.3, 0.4) is 0 Å². The number of para-hydroxylation sites is 1. The van der Waals surface area contributed by atoms with E-state index in [0.717, 1.165) is 11.3 Å². The summed E-state index contributed by atoms with van der Waals surface area (Å²) in [5, 5.41) is 4.09. The summed E-state index contributed by atoms with van der Waals surface area (Å²) in [6.45, 7) is 5.89. The fraction of sp³-hybridized carbons (Fsp3) is 0.385. The monoisotopic (exact) mass is 496 g/mol. The third kappa shape index (κ3) is 5.32. The highest BCUT2D eigenvalue weighted by Crippen LogP contribution is 2.46. The molecule has 186 valence electrons. The number of hydrogen-bond donors (Lipinski definition) is 1. The molecule has 8 nitrogen and oxygen atoms in total. The van der Waals surface area contributed by atoms with E-state index in [0.29, 0.717) is 32.7 Å². The van der Waals surface area contributed by atoms with Crippen molar-refractivity contribution >= 4 is 27.8 Å². The molecule has 0 bridgehead atoms.